The first-order valence-electron chi connectivity index (χ1n) is 8.98. The van der Waals surface area contributed by atoms with Gasteiger partial charge in [-0.05, 0) is 53.9 Å². The van der Waals surface area contributed by atoms with Crippen molar-refractivity contribution in [2.75, 3.05) is 26.1 Å². The fourth-order valence-electron chi connectivity index (χ4n) is 3.22. The summed E-state index contributed by atoms with van der Waals surface area (Å²) in [5, 5.41) is 5.72. The number of anilines is 2. The molecule has 1 amide bonds. The Labute approximate surface area is 167 Å². The highest BCUT2D eigenvalue weighted by Gasteiger charge is 2.24. The Bertz CT molecular complexity index is 985. The highest BCUT2D eigenvalue weighted by atomic mass is 32.1. The van der Waals surface area contributed by atoms with Crippen molar-refractivity contribution in [2.45, 2.75) is 13.0 Å². The number of fused-ring (bicyclic) bond motifs is 1. The first kappa shape index (κ1) is 18.3. The Morgan fingerprint density at radius 2 is 1.82 bits per heavy atom. The van der Waals surface area contributed by atoms with Gasteiger partial charge in [-0.15, -0.1) is 11.3 Å². The number of benzene rings is 2. The standard InChI is InChI=1S/C21H21N3O3S/c1-26-17-7-4-16(5-8-17)22-21-23-19(13-28-21)20(25)24-10-9-14-3-6-18(27-2)11-15(14)12-24/h3-8,11,13H,9-10,12H2,1-2H3,(H,22,23). The maximum Gasteiger partial charge on any atom is 0.273 e. The fraction of sp³-hybridized carbons (Fsp3) is 0.238. The molecule has 7 heteroatoms. The molecule has 144 valence electrons. The number of carbonyl (C=O) groups is 1. The Morgan fingerprint density at radius 3 is 2.57 bits per heavy atom. The third-order valence-corrected chi connectivity index (χ3v) is 5.54. The van der Waals surface area contributed by atoms with E-state index in [0.717, 1.165) is 29.2 Å². The number of hydrogen-bond donors (Lipinski definition) is 1. The van der Waals surface area contributed by atoms with Gasteiger partial charge >= 0.3 is 0 Å². The van der Waals surface area contributed by atoms with E-state index in [1.54, 1.807) is 19.6 Å². The minimum absolute atomic E-state index is 0.0486. The summed E-state index contributed by atoms with van der Waals surface area (Å²) in [7, 11) is 3.29. The SMILES string of the molecule is COc1ccc(Nc2nc(C(=O)N3CCc4ccc(OC)cc4C3)cs2)cc1. The molecule has 2 heterocycles. The molecule has 1 N–H and O–H groups in total. The molecular weight excluding hydrogens is 374 g/mol. The average Bonchev–Trinajstić information content (AvgIpc) is 3.21. The van der Waals surface area contributed by atoms with Crippen LogP contribution in [0.2, 0.25) is 0 Å². The highest BCUT2D eigenvalue weighted by Crippen LogP contribution is 2.27. The normalized spacial score (nSPS) is 13.0. The zero-order valence-electron chi connectivity index (χ0n) is 15.8. The van der Waals surface area contributed by atoms with Gasteiger partial charge in [-0.25, -0.2) is 4.98 Å². The molecule has 0 atom stereocenters. The summed E-state index contributed by atoms with van der Waals surface area (Å²) in [6.07, 6.45) is 0.839. The Balaban J connectivity index is 1.45. The zero-order valence-corrected chi connectivity index (χ0v) is 16.6. The number of aromatic nitrogens is 1. The van der Waals surface area contributed by atoms with Crippen LogP contribution in [-0.2, 0) is 13.0 Å². The molecule has 0 aliphatic carbocycles. The third-order valence-electron chi connectivity index (χ3n) is 4.78. The molecule has 2 aromatic carbocycles. The van der Waals surface area contributed by atoms with Gasteiger partial charge in [-0.3, -0.25) is 4.79 Å². The van der Waals surface area contributed by atoms with Crippen molar-refractivity contribution in [3.63, 3.8) is 0 Å². The van der Waals surface area contributed by atoms with Crippen LogP contribution >= 0.6 is 11.3 Å². The van der Waals surface area contributed by atoms with Crippen LogP contribution in [-0.4, -0.2) is 36.6 Å². The molecule has 1 aliphatic heterocycles. The summed E-state index contributed by atoms with van der Waals surface area (Å²) in [6, 6.07) is 13.6. The van der Waals surface area contributed by atoms with Crippen LogP contribution in [0.3, 0.4) is 0 Å². The molecule has 6 nitrogen and oxygen atoms in total. The predicted octanol–water partition coefficient (Wildman–Crippen LogP) is 4.10. The van der Waals surface area contributed by atoms with Gasteiger partial charge in [0.25, 0.3) is 5.91 Å². The molecule has 0 radical (unpaired) electrons. The molecule has 1 aromatic heterocycles. The van der Waals surface area contributed by atoms with E-state index >= 15 is 0 Å². The molecule has 3 aromatic rings. The Morgan fingerprint density at radius 1 is 1.07 bits per heavy atom. The van der Waals surface area contributed by atoms with Crippen molar-refractivity contribution < 1.29 is 14.3 Å². The fourth-order valence-corrected chi connectivity index (χ4v) is 3.93. The zero-order chi connectivity index (χ0) is 19.5. The van der Waals surface area contributed by atoms with E-state index in [1.807, 2.05) is 41.3 Å². The second-order valence-corrected chi connectivity index (χ2v) is 7.36. The lowest BCUT2D eigenvalue weighted by molar-refractivity contribution is 0.0729. The van der Waals surface area contributed by atoms with Gasteiger partial charge in [0.05, 0.1) is 14.2 Å². The first-order chi connectivity index (χ1) is 13.7. The molecule has 0 unspecified atom stereocenters. The summed E-state index contributed by atoms with van der Waals surface area (Å²) in [6.45, 7) is 1.26. The van der Waals surface area contributed by atoms with E-state index in [9.17, 15) is 4.79 Å². The number of nitrogens with one attached hydrogen (secondary N) is 1. The molecule has 0 saturated heterocycles. The van der Waals surface area contributed by atoms with Crippen LogP contribution in [0.5, 0.6) is 11.5 Å². The number of hydrogen-bond acceptors (Lipinski definition) is 6. The van der Waals surface area contributed by atoms with E-state index in [-0.39, 0.29) is 5.91 Å². The topological polar surface area (TPSA) is 63.7 Å². The lowest BCUT2D eigenvalue weighted by atomic mass is 9.99. The maximum atomic E-state index is 12.9. The van der Waals surface area contributed by atoms with Crippen LogP contribution in [0.1, 0.15) is 21.6 Å². The smallest absolute Gasteiger partial charge is 0.273 e. The van der Waals surface area contributed by atoms with Crippen molar-refractivity contribution in [2.24, 2.45) is 0 Å². The molecular formula is C21H21N3O3S. The summed E-state index contributed by atoms with van der Waals surface area (Å²) >= 11 is 1.42. The van der Waals surface area contributed by atoms with E-state index in [2.05, 4.69) is 16.4 Å². The van der Waals surface area contributed by atoms with E-state index < -0.39 is 0 Å². The highest BCUT2D eigenvalue weighted by molar-refractivity contribution is 7.14. The molecule has 1 aliphatic rings. The number of amides is 1. The predicted molar refractivity (Wildman–Crippen MR) is 110 cm³/mol. The van der Waals surface area contributed by atoms with Crippen molar-refractivity contribution in [1.82, 2.24) is 9.88 Å². The largest absolute Gasteiger partial charge is 0.497 e. The van der Waals surface area contributed by atoms with Crippen LogP contribution in [0.15, 0.2) is 47.8 Å². The van der Waals surface area contributed by atoms with Gasteiger partial charge in [0.1, 0.15) is 17.2 Å². The number of rotatable bonds is 5. The van der Waals surface area contributed by atoms with Crippen molar-refractivity contribution in [3.05, 3.63) is 64.7 Å². The number of methoxy groups -OCH3 is 2. The lowest BCUT2D eigenvalue weighted by Gasteiger charge is -2.28. The summed E-state index contributed by atoms with van der Waals surface area (Å²) in [5.41, 5.74) is 3.76. The van der Waals surface area contributed by atoms with Crippen molar-refractivity contribution in [3.8, 4) is 11.5 Å². The molecule has 0 bridgehead atoms. The van der Waals surface area contributed by atoms with Crippen LogP contribution in [0.25, 0.3) is 0 Å². The van der Waals surface area contributed by atoms with E-state index in [1.165, 1.54) is 16.9 Å². The summed E-state index contributed by atoms with van der Waals surface area (Å²) in [5.74, 6) is 1.56. The third kappa shape index (κ3) is 3.80. The van der Waals surface area contributed by atoms with Gasteiger partial charge in [-0.2, -0.15) is 0 Å². The van der Waals surface area contributed by atoms with Gasteiger partial charge in [0.2, 0.25) is 0 Å². The first-order valence-corrected chi connectivity index (χ1v) is 9.86. The minimum Gasteiger partial charge on any atom is -0.497 e. The molecule has 28 heavy (non-hydrogen) atoms. The minimum atomic E-state index is -0.0486. The van der Waals surface area contributed by atoms with E-state index in [4.69, 9.17) is 9.47 Å². The molecule has 4 rings (SSSR count). The number of nitrogens with zero attached hydrogens (tertiary/aromatic N) is 2. The summed E-state index contributed by atoms with van der Waals surface area (Å²) in [4.78, 5) is 19.2. The number of ether oxygens (including phenoxy) is 2. The van der Waals surface area contributed by atoms with Crippen molar-refractivity contribution in [1.29, 1.82) is 0 Å². The van der Waals surface area contributed by atoms with Crippen LogP contribution in [0, 0.1) is 0 Å². The van der Waals surface area contributed by atoms with Gasteiger partial charge in [-0.1, -0.05) is 6.07 Å². The van der Waals surface area contributed by atoms with Gasteiger partial charge < -0.3 is 19.7 Å². The van der Waals surface area contributed by atoms with Crippen LogP contribution < -0.4 is 14.8 Å². The second kappa shape index (κ2) is 7.90. The van der Waals surface area contributed by atoms with Crippen molar-refractivity contribution >= 4 is 28.1 Å². The van der Waals surface area contributed by atoms with Gasteiger partial charge in [0.15, 0.2) is 5.13 Å². The van der Waals surface area contributed by atoms with Crippen LogP contribution in [0.4, 0.5) is 10.8 Å². The Kier molecular flexibility index (Phi) is 5.16. The quantitative estimate of drug-likeness (QED) is 0.705. The van der Waals surface area contributed by atoms with E-state index in [0.29, 0.717) is 23.9 Å². The second-order valence-electron chi connectivity index (χ2n) is 6.50. The average molecular weight is 395 g/mol. The van der Waals surface area contributed by atoms with Gasteiger partial charge in [0, 0.05) is 24.2 Å². The summed E-state index contributed by atoms with van der Waals surface area (Å²) < 4.78 is 10.5. The number of carbonyl (C=O) groups excluding carboxylic acids is 1. The molecule has 0 saturated carbocycles. The molecule has 0 fully saturated rings. The number of thiazole rings is 1. The Hall–Kier alpha value is -3.06. The lowest BCUT2D eigenvalue weighted by Crippen LogP contribution is -2.36. The molecule has 0 spiro atoms. The maximum absolute atomic E-state index is 12.9. The monoisotopic (exact) mass is 395 g/mol.